The third-order valence-electron chi connectivity index (χ3n) is 2.35. The summed E-state index contributed by atoms with van der Waals surface area (Å²) in [6, 6.07) is 0. The van der Waals surface area contributed by atoms with Crippen molar-refractivity contribution in [2.24, 2.45) is 5.92 Å². The molecule has 0 saturated carbocycles. The SMILES string of the molecule is O=C1C2C(OC1(O)O)OC(O)(O)C2(O)O. The van der Waals surface area contributed by atoms with Gasteiger partial charge < -0.3 is 30.6 Å². The van der Waals surface area contributed by atoms with E-state index < -0.39 is 35.7 Å². The quantitative estimate of drug-likeness (QED) is 0.223. The first kappa shape index (κ1) is 10.9. The van der Waals surface area contributed by atoms with Gasteiger partial charge >= 0.3 is 11.9 Å². The van der Waals surface area contributed by atoms with E-state index in [-0.39, 0.29) is 0 Å². The molecular formula is C6H8O9. The highest BCUT2D eigenvalue weighted by Gasteiger charge is 2.75. The van der Waals surface area contributed by atoms with E-state index in [9.17, 15) is 15.0 Å². The molecule has 0 aliphatic carbocycles. The van der Waals surface area contributed by atoms with E-state index in [0.717, 1.165) is 0 Å². The highest BCUT2D eigenvalue weighted by molar-refractivity contribution is 5.89. The van der Waals surface area contributed by atoms with Crippen LogP contribution in [0.2, 0.25) is 0 Å². The molecule has 2 unspecified atom stereocenters. The zero-order chi connectivity index (χ0) is 11.6. The summed E-state index contributed by atoms with van der Waals surface area (Å²) in [7, 11) is 0. The van der Waals surface area contributed by atoms with Crippen molar-refractivity contribution in [3.05, 3.63) is 0 Å². The highest BCUT2D eigenvalue weighted by Crippen LogP contribution is 2.46. The maximum absolute atomic E-state index is 11.2. The lowest BCUT2D eigenvalue weighted by Crippen LogP contribution is -2.57. The van der Waals surface area contributed by atoms with Crippen LogP contribution in [0.25, 0.3) is 0 Å². The van der Waals surface area contributed by atoms with E-state index in [1.54, 1.807) is 0 Å². The molecule has 0 radical (unpaired) electrons. The second kappa shape index (κ2) is 2.53. The van der Waals surface area contributed by atoms with Crippen molar-refractivity contribution in [3.8, 4) is 0 Å². The fraction of sp³-hybridized carbons (Fsp3) is 0.833. The predicted octanol–water partition coefficient (Wildman–Crippen LogP) is -4.48. The first-order valence-corrected chi connectivity index (χ1v) is 3.84. The summed E-state index contributed by atoms with van der Waals surface area (Å²) in [5, 5.41) is 54.1. The Morgan fingerprint density at radius 2 is 1.53 bits per heavy atom. The molecule has 6 N–H and O–H groups in total. The normalized spacial score (nSPS) is 40.5. The number of Topliss-reactive ketones (excluding diaryl/α,β-unsaturated/α-hetero) is 1. The van der Waals surface area contributed by atoms with Gasteiger partial charge in [0.2, 0.25) is 5.78 Å². The molecule has 0 amide bonds. The predicted molar refractivity (Wildman–Crippen MR) is 36.0 cm³/mol. The van der Waals surface area contributed by atoms with E-state index in [2.05, 4.69) is 9.47 Å². The first-order chi connectivity index (χ1) is 6.59. The number of aliphatic hydroxyl groups is 6. The van der Waals surface area contributed by atoms with Crippen molar-refractivity contribution in [2.45, 2.75) is 24.0 Å². The Hall–Kier alpha value is -0.650. The second-order valence-corrected chi connectivity index (χ2v) is 3.39. The Bertz CT molecular complexity index is 319. The van der Waals surface area contributed by atoms with Crippen molar-refractivity contribution in [1.29, 1.82) is 0 Å². The third-order valence-corrected chi connectivity index (χ3v) is 2.35. The van der Waals surface area contributed by atoms with Gasteiger partial charge in [0.15, 0.2) is 6.29 Å². The van der Waals surface area contributed by atoms with E-state index in [4.69, 9.17) is 20.4 Å². The van der Waals surface area contributed by atoms with E-state index in [0.29, 0.717) is 0 Å². The molecule has 9 nitrogen and oxygen atoms in total. The Balaban J connectivity index is 2.40. The average molecular weight is 224 g/mol. The molecule has 2 aliphatic rings. The van der Waals surface area contributed by atoms with Crippen LogP contribution in [0.5, 0.6) is 0 Å². The van der Waals surface area contributed by atoms with Crippen molar-refractivity contribution < 1.29 is 44.9 Å². The molecule has 2 rings (SSSR count). The second-order valence-electron chi connectivity index (χ2n) is 3.39. The Labute approximate surface area is 81.7 Å². The van der Waals surface area contributed by atoms with Gasteiger partial charge in [0, 0.05) is 0 Å². The number of rotatable bonds is 0. The molecule has 0 bridgehead atoms. The van der Waals surface area contributed by atoms with Crippen molar-refractivity contribution in [3.63, 3.8) is 0 Å². The fourth-order valence-corrected chi connectivity index (χ4v) is 1.53. The summed E-state index contributed by atoms with van der Waals surface area (Å²) < 4.78 is 8.30. The zero-order valence-corrected chi connectivity index (χ0v) is 7.06. The van der Waals surface area contributed by atoms with Crippen LogP contribution in [0.4, 0.5) is 0 Å². The molecular weight excluding hydrogens is 216 g/mol. The molecule has 2 atom stereocenters. The summed E-state index contributed by atoms with van der Waals surface area (Å²) >= 11 is 0. The number of carbonyl (C=O) groups is 1. The maximum atomic E-state index is 11.2. The number of fused-ring (bicyclic) bond motifs is 1. The van der Waals surface area contributed by atoms with Gasteiger partial charge in [-0.2, -0.15) is 0 Å². The summed E-state index contributed by atoms with van der Waals surface area (Å²) in [6.45, 7) is 0. The summed E-state index contributed by atoms with van der Waals surface area (Å²) in [6.07, 6.45) is -1.86. The van der Waals surface area contributed by atoms with Crippen LogP contribution >= 0.6 is 0 Å². The minimum atomic E-state index is -3.42. The van der Waals surface area contributed by atoms with Gasteiger partial charge in [-0.3, -0.25) is 14.3 Å². The molecule has 2 heterocycles. The van der Waals surface area contributed by atoms with Gasteiger partial charge in [0.25, 0.3) is 5.79 Å². The molecule has 0 aromatic rings. The number of hydrogen-bond acceptors (Lipinski definition) is 9. The summed E-state index contributed by atoms with van der Waals surface area (Å²) in [4.78, 5) is 11.2. The number of ketones is 1. The van der Waals surface area contributed by atoms with Crippen LogP contribution in [0.3, 0.4) is 0 Å². The van der Waals surface area contributed by atoms with Crippen LogP contribution in [0, 0.1) is 5.92 Å². The van der Waals surface area contributed by atoms with Gasteiger partial charge in [-0.05, 0) is 0 Å². The van der Waals surface area contributed by atoms with Crippen LogP contribution in [-0.2, 0) is 14.3 Å². The lowest BCUT2D eigenvalue weighted by atomic mass is 9.95. The molecule has 0 aromatic carbocycles. The van der Waals surface area contributed by atoms with Crippen molar-refractivity contribution in [2.75, 3.05) is 0 Å². The molecule has 15 heavy (non-hydrogen) atoms. The Morgan fingerprint density at radius 3 is 2.00 bits per heavy atom. The average Bonchev–Trinajstić information content (AvgIpc) is 2.29. The van der Waals surface area contributed by atoms with Crippen molar-refractivity contribution >= 4 is 5.78 Å². The van der Waals surface area contributed by atoms with Gasteiger partial charge in [0.05, 0.1) is 0 Å². The smallest absolute Gasteiger partial charge is 0.344 e. The lowest BCUT2D eigenvalue weighted by Gasteiger charge is -2.28. The monoisotopic (exact) mass is 224 g/mol. The zero-order valence-electron chi connectivity index (χ0n) is 7.06. The van der Waals surface area contributed by atoms with Crippen LogP contribution < -0.4 is 0 Å². The molecule has 0 aromatic heterocycles. The van der Waals surface area contributed by atoms with Gasteiger partial charge in [-0.25, -0.2) is 0 Å². The van der Waals surface area contributed by atoms with Gasteiger partial charge in [-0.1, -0.05) is 0 Å². The van der Waals surface area contributed by atoms with Crippen LogP contribution in [-0.4, -0.2) is 60.4 Å². The first-order valence-electron chi connectivity index (χ1n) is 3.84. The Morgan fingerprint density at radius 1 is 1.00 bits per heavy atom. The van der Waals surface area contributed by atoms with Gasteiger partial charge in [0.1, 0.15) is 5.92 Å². The minimum absolute atomic E-state index is 1.54. The lowest BCUT2D eigenvalue weighted by molar-refractivity contribution is -0.453. The topological polar surface area (TPSA) is 157 Å². The van der Waals surface area contributed by atoms with Crippen LogP contribution in [0.15, 0.2) is 0 Å². The minimum Gasteiger partial charge on any atom is -0.359 e. The highest BCUT2D eigenvalue weighted by atomic mass is 16.9. The van der Waals surface area contributed by atoms with E-state index >= 15 is 0 Å². The molecule has 2 saturated heterocycles. The number of ether oxygens (including phenoxy) is 2. The van der Waals surface area contributed by atoms with Crippen molar-refractivity contribution in [1.82, 2.24) is 0 Å². The van der Waals surface area contributed by atoms with E-state index in [1.807, 2.05) is 0 Å². The number of carbonyl (C=O) groups excluding carboxylic acids is 1. The molecule has 2 fully saturated rings. The molecule has 0 spiro atoms. The standard InChI is InChI=1S/C6H8O9/c7-2-1-3(14-5(2,10)11)15-6(12,13)4(1,8)9/h1,3,8-13H. The third kappa shape index (κ3) is 1.17. The molecule has 2 aliphatic heterocycles. The van der Waals surface area contributed by atoms with Gasteiger partial charge in [-0.15, -0.1) is 0 Å². The summed E-state index contributed by atoms with van der Waals surface area (Å²) in [5.74, 6) is -13.6. The van der Waals surface area contributed by atoms with Crippen LogP contribution in [0.1, 0.15) is 0 Å². The number of hydrogen-bond donors (Lipinski definition) is 6. The molecule has 86 valence electrons. The summed E-state index contributed by atoms with van der Waals surface area (Å²) in [5.41, 5.74) is 0. The fourth-order valence-electron chi connectivity index (χ4n) is 1.53. The largest absolute Gasteiger partial charge is 0.359 e. The molecule has 9 heteroatoms. The maximum Gasteiger partial charge on any atom is 0.344 e. The van der Waals surface area contributed by atoms with E-state index in [1.165, 1.54) is 0 Å². The Kier molecular flexibility index (Phi) is 1.83.